The number of ether oxygens (including phenoxy) is 2. The molecule has 1 aliphatic carbocycles. The fraction of sp³-hybridized carbons (Fsp3) is 0.304. The van der Waals surface area contributed by atoms with Gasteiger partial charge >= 0.3 is 5.97 Å². The van der Waals surface area contributed by atoms with Crippen LogP contribution in [0.1, 0.15) is 37.3 Å². The number of esters is 1. The predicted octanol–water partition coefficient (Wildman–Crippen LogP) is 5.17. The number of carbonyl (C=O) groups excluding carboxylic acids is 2. The molecule has 2 unspecified atom stereocenters. The van der Waals surface area contributed by atoms with E-state index >= 15 is 0 Å². The number of rotatable bonds is 6. The second kappa shape index (κ2) is 9.20. The summed E-state index contributed by atoms with van der Waals surface area (Å²) in [6.45, 7) is 4.52. The van der Waals surface area contributed by atoms with Gasteiger partial charge in [0.25, 0.3) is 0 Å². The first-order valence-corrected chi connectivity index (χ1v) is 10.2. The average Bonchev–Trinajstić information content (AvgIpc) is 2.69. The van der Waals surface area contributed by atoms with Crippen LogP contribution in [0.25, 0.3) is 5.57 Å². The van der Waals surface area contributed by atoms with Crippen molar-refractivity contribution in [1.82, 2.24) is 0 Å². The topological polar surface area (TPSA) is 52.6 Å². The number of hydrogen-bond acceptors (Lipinski definition) is 4. The highest BCUT2D eigenvalue weighted by Crippen LogP contribution is 2.40. The smallest absolute Gasteiger partial charge is 0.317 e. The summed E-state index contributed by atoms with van der Waals surface area (Å²) in [6, 6.07) is 15.5. The van der Waals surface area contributed by atoms with Gasteiger partial charge in [0.1, 0.15) is 11.7 Å². The van der Waals surface area contributed by atoms with E-state index in [-0.39, 0.29) is 18.3 Å². The molecule has 146 valence electrons. The monoisotopic (exact) mass is 442 g/mol. The summed E-state index contributed by atoms with van der Waals surface area (Å²) in [6.07, 6.45) is 2.18. The van der Waals surface area contributed by atoms with Crippen LogP contribution >= 0.6 is 15.9 Å². The third kappa shape index (κ3) is 4.53. The average molecular weight is 443 g/mol. The number of halogens is 1. The van der Waals surface area contributed by atoms with Crippen LogP contribution in [0.15, 0.2) is 59.1 Å². The van der Waals surface area contributed by atoms with Crippen molar-refractivity contribution in [1.29, 1.82) is 0 Å². The highest BCUT2D eigenvalue weighted by molar-refractivity contribution is 9.10. The summed E-state index contributed by atoms with van der Waals surface area (Å²) in [5.41, 5.74) is 2.84. The van der Waals surface area contributed by atoms with Crippen LogP contribution in [0.2, 0.25) is 0 Å². The van der Waals surface area contributed by atoms with Crippen LogP contribution in [0.3, 0.4) is 0 Å². The number of allylic oxidation sites excluding steroid dienone is 2. The van der Waals surface area contributed by atoms with Gasteiger partial charge in [-0.1, -0.05) is 40.2 Å². The summed E-state index contributed by atoms with van der Waals surface area (Å²) in [4.78, 5) is 25.4. The third-order valence-electron chi connectivity index (χ3n) is 4.84. The Morgan fingerprint density at radius 3 is 2.32 bits per heavy atom. The predicted molar refractivity (Wildman–Crippen MR) is 112 cm³/mol. The third-order valence-corrected chi connectivity index (χ3v) is 5.37. The van der Waals surface area contributed by atoms with Crippen molar-refractivity contribution in [2.75, 3.05) is 13.2 Å². The molecule has 2 aromatic carbocycles. The Kier molecular flexibility index (Phi) is 6.68. The molecule has 2 atom stereocenters. The van der Waals surface area contributed by atoms with Gasteiger partial charge in [-0.15, -0.1) is 0 Å². The van der Waals surface area contributed by atoms with E-state index in [1.807, 2.05) is 55.5 Å². The zero-order valence-electron chi connectivity index (χ0n) is 16.0. The van der Waals surface area contributed by atoms with Crippen LogP contribution in [0.4, 0.5) is 0 Å². The molecule has 5 heteroatoms. The molecule has 0 bridgehead atoms. The molecular formula is C23H23BrO4. The molecule has 3 rings (SSSR count). The molecule has 2 aromatic rings. The lowest BCUT2D eigenvalue weighted by Gasteiger charge is -2.29. The zero-order valence-corrected chi connectivity index (χ0v) is 17.6. The van der Waals surface area contributed by atoms with Gasteiger partial charge < -0.3 is 9.47 Å². The van der Waals surface area contributed by atoms with Gasteiger partial charge in [-0.05, 0) is 67.3 Å². The first kappa shape index (κ1) is 20.3. The summed E-state index contributed by atoms with van der Waals surface area (Å²) in [5, 5.41) is 0. The van der Waals surface area contributed by atoms with Crippen LogP contribution < -0.4 is 4.74 Å². The van der Waals surface area contributed by atoms with Crippen molar-refractivity contribution in [3.63, 3.8) is 0 Å². The van der Waals surface area contributed by atoms with Gasteiger partial charge in [0.05, 0.1) is 13.2 Å². The van der Waals surface area contributed by atoms with E-state index in [1.165, 1.54) is 0 Å². The number of ketones is 1. The van der Waals surface area contributed by atoms with Gasteiger partial charge in [-0.3, -0.25) is 9.59 Å². The normalized spacial score (nSPS) is 19.1. The van der Waals surface area contributed by atoms with Crippen LogP contribution in [-0.4, -0.2) is 25.0 Å². The lowest BCUT2D eigenvalue weighted by atomic mass is 9.73. The summed E-state index contributed by atoms with van der Waals surface area (Å²) in [7, 11) is 0. The standard InChI is InChI=1S/C23H23BrO4/c1-3-27-19-11-7-16(8-12-19)20-13-17(15-5-9-18(24)10-6-15)14-21(25)22(20)23(26)28-4-2/h5-12,14,20,22H,3-4,13H2,1-2H3. The maximum atomic E-state index is 12.9. The van der Waals surface area contributed by atoms with Crippen LogP contribution in [-0.2, 0) is 14.3 Å². The minimum atomic E-state index is -0.822. The summed E-state index contributed by atoms with van der Waals surface area (Å²) >= 11 is 3.44. The summed E-state index contributed by atoms with van der Waals surface area (Å²) in [5.74, 6) is -0.994. The van der Waals surface area contributed by atoms with E-state index in [2.05, 4.69) is 15.9 Å². The van der Waals surface area contributed by atoms with Crippen molar-refractivity contribution in [3.8, 4) is 5.75 Å². The van der Waals surface area contributed by atoms with E-state index in [1.54, 1.807) is 13.0 Å². The van der Waals surface area contributed by atoms with E-state index in [0.29, 0.717) is 13.0 Å². The minimum absolute atomic E-state index is 0.207. The number of carbonyl (C=O) groups is 2. The molecule has 0 spiro atoms. The van der Waals surface area contributed by atoms with Gasteiger partial charge in [-0.2, -0.15) is 0 Å². The van der Waals surface area contributed by atoms with E-state index in [4.69, 9.17) is 9.47 Å². The van der Waals surface area contributed by atoms with Gasteiger partial charge in [0, 0.05) is 10.4 Å². The lowest BCUT2D eigenvalue weighted by Crippen LogP contribution is -2.34. The molecule has 0 heterocycles. The van der Waals surface area contributed by atoms with Crippen LogP contribution in [0.5, 0.6) is 5.75 Å². The number of hydrogen-bond donors (Lipinski definition) is 0. The largest absolute Gasteiger partial charge is 0.494 e. The molecule has 1 aliphatic rings. The van der Waals surface area contributed by atoms with E-state index in [9.17, 15) is 9.59 Å². The van der Waals surface area contributed by atoms with Gasteiger partial charge in [0.15, 0.2) is 5.78 Å². The second-order valence-corrected chi connectivity index (χ2v) is 7.54. The Labute approximate surface area is 173 Å². The van der Waals surface area contributed by atoms with Crippen molar-refractivity contribution in [2.45, 2.75) is 26.2 Å². The molecular weight excluding hydrogens is 420 g/mol. The first-order valence-electron chi connectivity index (χ1n) is 9.43. The maximum Gasteiger partial charge on any atom is 0.317 e. The van der Waals surface area contributed by atoms with Gasteiger partial charge in [-0.25, -0.2) is 0 Å². The number of benzene rings is 2. The molecule has 0 fully saturated rings. The molecule has 0 N–H and O–H groups in total. The quantitative estimate of drug-likeness (QED) is 0.457. The van der Waals surface area contributed by atoms with Crippen molar-refractivity contribution in [2.24, 2.45) is 5.92 Å². The Balaban J connectivity index is 1.97. The maximum absolute atomic E-state index is 12.9. The molecule has 0 aliphatic heterocycles. The Morgan fingerprint density at radius 2 is 1.71 bits per heavy atom. The van der Waals surface area contributed by atoms with Gasteiger partial charge in [0.2, 0.25) is 0 Å². The zero-order chi connectivity index (χ0) is 20.1. The van der Waals surface area contributed by atoms with E-state index in [0.717, 1.165) is 26.9 Å². The molecule has 0 saturated carbocycles. The fourth-order valence-electron chi connectivity index (χ4n) is 3.54. The van der Waals surface area contributed by atoms with Crippen molar-refractivity contribution in [3.05, 3.63) is 70.2 Å². The van der Waals surface area contributed by atoms with E-state index < -0.39 is 11.9 Å². The summed E-state index contributed by atoms with van der Waals surface area (Å²) < 4.78 is 11.7. The SMILES string of the molecule is CCOC(=O)C1C(=O)C=C(c2ccc(Br)cc2)CC1c1ccc(OCC)cc1. The fourth-order valence-corrected chi connectivity index (χ4v) is 3.80. The lowest BCUT2D eigenvalue weighted by molar-refractivity contribution is -0.151. The highest BCUT2D eigenvalue weighted by Gasteiger charge is 2.39. The Hall–Kier alpha value is -2.40. The van der Waals surface area contributed by atoms with Crippen molar-refractivity contribution >= 4 is 33.3 Å². The molecule has 28 heavy (non-hydrogen) atoms. The molecule has 0 saturated heterocycles. The highest BCUT2D eigenvalue weighted by atomic mass is 79.9. The molecule has 4 nitrogen and oxygen atoms in total. The Morgan fingerprint density at radius 1 is 1.04 bits per heavy atom. The molecule has 0 amide bonds. The van der Waals surface area contributed by atoms with Crippen LogP contribution in [0, 0.1) is 5.92 Å². The molecule has 0 aromatic heterocycles. The molecule has 0 radical (unpaired) electrons. The van der Waals surface area contributed by atoms with Crippen molar-refractivity contribution < 1.29 is 19.1 Å². The first-order chi connectivity index (χ1) is 13.5. The second-order valence-electron chi connectivity index (χ2n) is 6.62. The minimum Gasteiger partial charge on any atom is -0.494 e. The Bertz CT molecular complexity index is 868.